The molecule has 184 valence electrons. The molecule has 5 heteroatoms. The van der Waals surface area contributed by atoms with Crippen LogP contribution in [-0.4, -0.2) is 0 Å². The van der Waals surface area contributed by atoms with E-state index in [1.165, 1.54) is 36.4 Å². The summed E-state index contributed by atoms with van der Waals surface area (Å²) in [6, 6.07) is 13.5. The standard InChI is InChI=1S/C30H29F5/c1-3-5-6-8-25-28(33)18-23(19-29(25)34)24-16-13-21(17-27(24)32)10-9-20-11-14-22(15-12-20)30(35)26(31)7-4-2/h3,5,11-19H,4,6-10H2,1-2H3/b5-3+,30-26+. The first-order chi connectivity index (χ1) is 16.8. The number of hydrogen-bond donors (Lipinski definition) is 0. The topological polar surface area (TPSA) is 0 Å². The lowest BCUT2D eigenvalue weighted by Crippen LogP contribution is -1.98. The van der Waals surface area contributed by atoms with Gasteiger partial charge in [-0.05, 0) is 73.9 Å². The molecule has 0 aliphatic carbocycles. The Bertz CT molecular complexity index is 1180. The number of allylic oxidation sites excluding steroid dienone is 3. The molecule has 0 heterocycles. The summed E-state index contributed by atoms with van der Waals surface area (Å²) in [5, 5.41) is 0. The molecule has 0 saturated carbocycles. The molecule has 35 heavy (non-hydrogen) atoms. The normalized spacial score (nSPS) is 12.3. The molecule has 0 spiro atoms. The lowest BCUT2D eigenvalue weighted by atomic mass is 9.97. The lowest BCUT2D eigenvalue weighted by molar-refractivity contribution is 0.556. The SMILES string of the molecule is C/C=C/CCc1c(F)cc(-c2ccc(CCc3ccc(/C(F)=C(\F)CCC)cc3)cc2F)cc1F. The van der Waals surface area contributed by atoms with Gasteiger partial charge in [-0.15, -0.1) is 0 Å². The Labute approximate surface area is 203 Å². The van der Waals surface area contributed by atoms with Crippen LogP contribution in [0.2, 0.25) is 0 Å². The van der Waals surface area contributed by atoms with Crippen molar-refractivity contribution < 1.29 is 22.0 Å². The maximum atomic E-state index is 14.8. The first-order valence-electron chi connectivity index (χ1n) is 11.8. The molecule has 0 saturated heterocycles. The van der Waals surface area contributed by atoms with E-state index in [0.29, 0.717) is 25.7 Å². The molecule has 3 aromatic carbocycles. The quantitative estimate of drug-likeness (QED) is 0.199. The predicted octanol–water partition coefficient (Wildman–Crippen LogP) is 9.47. The Kier molecular flexibility index (Phi) is 9.41. The van der Waals surface area contributed by atoms with Gasteiger partial charge in [0.05, 0.1) is 0 Å². The van der Waals surface area contributed by atoms with E-state index >= 15 is 0 Å². The van der Waals surface area contributed by atoms with E-state index in [9.17, 15) is 22.0 Å². The Hall–Kier alpha value is -3.21. The number of hydrogen-bond acceptors (Lipinski definition) is 0. The van der Waals surface area contributed by atoms with Crippen molar-refractivity contribution in [1.29, 1.82) is 0 Å². The highest BCUT2D eigenvalue weighted by Gasteiger charge is 2.14. The van der Waals surface area contributed by atoms with Gasteiger partial charge in [0, 0.05) is 23.1 Å². The molecule has 0 unspecified atom stereocenters. The highest BCUT2D eigenvalue weighted by atomic mass is 19.2. The lowest BCUT2D eigenvalue weighted by Gasteiger charge is -2.10. The van der Waals surface area contributed by atoms with Crippen LogP contribution >= 0.6 is 0 Å². The van der Waals surface area contributed by atoms with Crippen LogP contribution in [0.5, 0.6) is 0 Å². The molecule has 0 aliphatic rings. The summed E-state index contributed by atoms with van der Waals surface area (Å²) in [6.07, 6.45) is 6.11. The van der Waals surface area contributed by atoms with Crippen molar-refractivity contribution in [1.82, 2.24) is 0 Å². The second-order valence-electron chi connectivity index (χ2n) is 8.51. The Morgan fingerprint density at radius 2 is 1.40 bits per heavy atom. The molecule has 0 aliphatic heterocycles. The largest absolute Gasteiger partial charge is 0.209 e. The summed E-state index contributed by atoms with van der Waals surface area (Å²) < 4.78 is 71.5. The van der Waals surface area contributed by atoms with Crippen LogP contribution in [0.15, 0.2) is 72.6 Å². The van der Waals surface area contributed by atoms with Gasteiger partial charge in [0.2, 0.25) is 0 Å². The maximum Gasteiger partial charge on any atom is 0.161 e. The number of rotatable bonds is 10. The summed E-state index contributed by atoms with van der Waals surface area (Å²) in [5.41, 5.74) is 2.10. The maximum absolute atomic E-state index is 14.8. The second kappa shape index (κ2) is 12.5. The van der Waals surface area contributed by atoms with Gasteiger partial charge in [-0.25, -0.2) is 22.0 Å². The van der Waals surface area contributed by atoms with E-state index in [-0.39, 0.29) is 35.1 Å². The third-order valence-corrected chi connectivity index (χ3v) is 5.90. The van der Waals surface area contributed by atoms with E-state index in [1.54, 1.807) is 25.1 Å². The van der Waals surface area contributed by atoms with Gasteiger partial charge in [-0.2, -0.15) is 0 Å². The minimum atomic E-state index is -0.838. The van der Waals surface area contributed by atoms with Crippen LogP contribution in [0.25, 0.3) is 17.0 Å². The first kappa shape index (κ1) is 26.4. The van der Waals surface area contributed by atoms with Crippen molar-refractivity contribution in [2.45, 2.75) is 52.4 Å². The van der Waals surface area contributed by atoms with Crippen molar-refractivity contribution in [3.8, 4) is 11.1 Å². The number of aryl methyl sites for hydroxylation is 2. The Morgan fingerprint density at radius 1 is 0.771 bits per heavy atom. The van der Waals surface area contributed by atoms with Gasteiger partial charge in [-0.1, -0.05) is 55.5 Å². The minimum Gasteiger partial charge on any atom is -0.209 e. The molecule has 0 fully saturated rings. The van der Waals surface area contributed by atoms with E-state index in [0.717, 1.165) is 11.1 Å². The summed E-state index contributed by atoms with van der Waals surface area (Å²) in [4.78, 5) is 0. The van der Waals surface area contributed by atoms with Crippen LogP contribution in [0.1, 0.15) is 55.4 Å². The zero-order chi connectivity index (χ0) is 25.4. The summed E-state index contributed by atoms with van der Waals surface area (Å²) in [7, 11) is 0. The van der Waals surface area contributed by atoms with E-state index in [1.807, 2.05) is 19.1 Å². The predicted molar refractivity (Wildman–Crippen MR) is 133 cm³/mol. The van der Waals surface area contributed by atoms with Crippen molar-refractivity contribution >= 4 is 5.83 Å². The van der Waals surface area contributed by atoms with Crippen LogP contribution in [0, 0.1) is 17.5 Å². The van der Waals surface area contributed by atoms with Crippen molar-refractivity contribution in [3.63, 3.8) is 0 Å². The van der Waals surface area contributed by atoms with Gasteiger partial charge in [0.25, 0.3) is 0 Å². The van der Waals surface area contributed by atoms with Gasteiger partial charge < -0.3 is 0 Å². The summed E-state index contributed by atoms with van der Waals surface area (Å²) >= 11 is 0. The third-order valence-electron chi connectivity index (χ3n) is 5.90. The molecule has 3 rings (SSSR count). The van der Waals surface area contributed by atoms with Gasteiger partial charge >= 0.3 is 0 Å². The highest BCUT2D eigenvalue weighted by Crippen LogP contribution is 2.29. The molecule has 0 N–H and O–H groups in total. The Balaban J connectivity index is 1.69. The smallest absolute Gasteiger partial charge is 0.161 e. The fourth-order valence-electron chi connectivity index (χ4n) is 3.93. The van der Waals surface area contributed by atoms with E-state index in [2.05, 4.69) is 0 Å². The molecule has 0 radical (unpaired) electrons. The molecule has 0 atom stereocenters. The van der Waals surface area contributed by atoms with Gasteiger partial charge in [0.1, 0.15) is 23.3 Å². The van der Waals surface area contributed by atoms with E-state index < -0.39 is 29.1 Å². The highest BCUT2D eigenvalue weighted by molar-refractivity contribution is 5.65. The zero-order valence-electron chi connectivity index (χ0n) is 20.0. The summed E-state index contributed by atoms with van der Waals surface area (Å²) in [6.45, 7) is 3.62. The average Bonchev–Trinajstić information content (AvgIpc) is 2.84. The molecular weight excluding hydrogens is 455 g/mol. The zero-order valence-corrected chi connectivity index (χ0v) is 20.0. The van der Waals surface area contributed by atoms with Gasteiger partial charge in [-0.3, -0.25) is 0 Å². The van der Waals surface area contributed by atoms with Crippen molar-refractivity contribution in [2.24, 2.45) is 0 Å². The van der Waals surface area contributed by atoms with Crippen molar-refractivity contribution in [3.05, 3.63) is 112 Å². The number of benzene rings is 3. The number of halogens is 5. The molecule has 0 nitrogen and oxygen atoms in total. The van der Waals surface area contributed by atoms with Crippen LogP contribution in [0.3, 0.4) is 0 Å². The fraction of sp³-hybridized carbons (Fsp3) is 0.267. The molecule has 3 aromatic rings. The monoisotopic (exact) mass is 484 g/mol. The molecular formula is C30H29F5. The molecule has 0 bridgehead atoms. The van der Waals surface area contributed by atoms with Crippen molar-refractivity contribution in [2.75, 3.05) is 0 Å². The minimum absolute atomic E-state index is 0.00151. The second-order valence-corrected chi connectivity index (χ2v) is 8.51. The fourth-order valence-corrected chi connectivity index (χ4v) is 3.93. The summed E-state index contributed by atoms with van der Waals surface area (Å²) in [5.74, 6) is -3.51. The first-order valence-corrected chi connectivity index (χ1v) is 11.8. The van der Waals surface area contributed by atoms with Crippen LogP contribution in [-0.2, 0) is 19.3 Å². The van der Waals surface area contributed by atoms with Gasteiger partial charge in [0.15, 0.2) is 5.83 Å². The molecule has 0 amide bonds. The van der Waals surface area contributed by atoms with Crippen LogP contribution < -0.4 is 0 Å². The average molecular weight is 485 g/mol. The van der Waals surface area contributed by atoms with Crippen LogP contribution in [0.4, 0.5) is 22.0 Å². The third kappa shape index (κ3) is 6.91. The Morgan fingerprint density at radius 3 is 2.00 bits per heavy atom. The molecule has 0 aromatic heterocycles. The van der Waals surface area contributed by atoms with E-state index in [4.69, 9.17) is 0 Å².